The van der Waals surface area contributed by atoms with Crippen molar-refractivity contribution in [3.63, 3.8) is 0 Å². The van der Waals surface area contributed by atoms with Gasteiger partial charge in [0.25, 0.3) is 0 Å². The van der Waals surface area contributed by atoms with Gasteiger partial charge in [0, 0.05) is 29.0 Å². The Morgan fingerprint density at radius 3 is 2.05 bits per heavy atom. The van der Waals surface area contributed by atoms with E-state index in [1.807, 2.05) is 6.08 Å². The fourth-order valence-electron chi connectivity index (χ4n) is 8.33. The Morgan fingerprint density at radius 2 is 1.62 bits per heavy atom. The van der Waals surface area contributed by atoms with Crippen LogP contribution < -0.4 is 0 Å². The van der Waals surface area contributed by atoms with Crippen molar-refractivity contribution in [1.29, 1.82) is 5.26 Å². The lowest BCUT2D eigenvalue weighted by Gasteiger charge is -2.57. The van der Waals surface area contributed by atoms with Gasteiger partial charge in [-0.2, -0.15) is 5.26 Å². The highest BCUT2D eigenvalue weighted by Crippen LogP contribution is 2.56. The summed E-state index contributed by atoms with van der Waals surface area (Å²) in [6, 6.07) is 2.20. The Kier molecular flexibility index (Phi) is 8.87. The van der Waals surface area contributed by atoms with Crippen LogP contribution in [0.5, 0.6) is 0 Å². The number of rotatable bonds is 7. The maximum absolute atomic E-state index is 11.8. The molecule has 0 aliphatic carbocycles. The van der Waals surface area contributed by atoms with Crippen LogP contribution in [0.15, 0.2) is 23.5 Å². The molecule has 0 radical (unpaired) electrons. The van der Waals surface area contributed by atoms with Crippen molar-refractivity contribution in [2.24, 2.45) is 0 Å². The normalized spacial score (nSPS) is 32.8. The Balaban J connectivity index is 1.80. The molecule has 0 N–H and O–H groups in total. The zero-order chi connectivity index (χ0) is 31.6. The lowest BCUT2D eigenvalue weighted by Crippen LogP contribution is -2.68. The van der Waals surface area contributed by atoms with Crippen LogP contribution >= 0.6 is 0 Å². The second-order valence-electron chi connectivity index (χ2n) is 15.6. The minimum absolute atomic E-state index is 0.175. The van der Waals surface area contributed by atoms with Crippen molar-refractivity contribution in [3.8, 4) is 6.07 Å². The highest BCUT2D eigenvalue weighted by atomic mass is 28.4. The van der Waals surface area contributed by atoms with Gasteiger partial charge in [-0.05, 0) is 28.8 Å². The highest BCUT2D eigenvalue weighted by molar-refractivity contribution is 6.77. The molecule has 4 aliphatic rings. The van der Waals surface area contributed by atoms with Gasteiger partial charge in [0.15, 0.2) is 0 Å². The van der Waals surface area contributed by atoms with Crippen LogP contribution in [-0.2, 0) is 32.3 Å². The number of carbonyl (C=O) groups is 1. The fourth-order valence-corrected chi connectivity index (χ4v) is 18.8. The third kappa shape index (κ3) is 5.26. The standard InChI is InChI=1S/C32H53NO7Si2/c1-19(2)41(20(3)4,21(5)6)39-25-15-24(23-14-28-32(18-33,38-22(7)34)16-26(23)37-28)36-27-17-35-42(30(8,9)10,31(11,12)13)40-29(25)27/h14-15,19-21,25-29H,16-17H2,1-13H3/t25-,26+,27-,28+,29+,32-/m1/s1. The van der Waals surface area contributed by atoms with Gasteiger partial charge >= 0.3 is 14.5 Å². The molecule has 4 aliphatic heterocycles. The van der Waals surface area contributed by atoms with Crippen molar-refractivity contribution in [2.45, 2.75) is 159 Å². The average Bonchev–Trinajstić information content (AvgIpc) is 3.43. The van der Waals surface area contributed by atoms with Crippen LogP contribution in [0.1, 0.15) is 96.4 Å². The van der Waals surface area contributed by atoms with Crippen LogP contribution in [0.4, 0.5) is 0 Å². The quantitative estimate of drug-likeness (QED) is 0.218. The SMILES string of the molecule is CC(=O)O[C@@]1(C#N)C[C@@H]2O[C@H]1C=C2C1=C[C@@H](O[Si](C(C)C)(C(C)C)C(C)C)[C@@H]2O[Si](C(C)(C)C)(C(C)(C)C)OC[C@H]2O1. The zero-order valence-electron chi connectivity index (χ0n) is 28.0. The van der Waals surface area contributed by atoms with E-state index >= 15 is 0 Å². The molecule has 0 aromatic carbocycles. The third-order valence-electron chi connectivity index (χ3n) is 9.80. The number of nitriles is 1. The summed E-state index contributed by atoms with van der Waals surface area (Å²) in [5.74, 6) is 0.196. The van der Waals surface area contributed by atoms with Crippen molar-refractivity contribution >= 4 is 22.8 Å². The van der Waals surface area contributed by atoms with Crippen LogP contribution in [0, 0.1) is 11.3 Å². The molecule has 236 valence electrons. The third-order valence-corrected chi connectivity index (χ3v) is 21.0. The molecule has 6 atom stereocenters. The van der Waals surface area contributed by atoms with Crippen molar-refractivity contribution in [2.75, 3.05) is 6.61 Å². The van der Waals surface area contributed by atoms with Crippen LogP contribution in [0.25, 0.3) is 0 Å². The average molecular weight is 620 g/mol. The van der Waals surface area contributed by atoms with Crippen molar-refractivity contribution in [1.82, 2.24) is 0 Å². The Morgan fingerprint density at radius 1 is 1.05 bits per heavy atom. The first-order chi connectivity index (χ1) is 19.2. The first kappa shape index (κ1) is 33.4. The lowest BCUT2D eigenvalue weighted by molar-refractivity contribution is -0.154. The number of fused-ring (bicyclic) bond motifs is 3. The molecule has 0 saturated carbocycles. The summed E-state index contributed by atoms with van der Waals surface area (Å²) >= 11 is 0. The largest absolute Gasteiger partial charge is 0.485 e. The number of hydrogen-bond acceptors (Lipinski definition) is 8. The van der Waals surface area contributed by atoms with Crippen LogP contribution in [0.2, 0.25) is 26.7 Å². The summed E-state index contributed by atoms with van der Waals surface area (Å²) in [5, 5.41) is 9.57. The van der Waals surface area contributed by atoms with Crippen molar-refractivity contribution < 1.29 is 32.3 Å². The first-order valence-corrected chi connectivity index (χ1v) is 19.6. The molecule has 4 rings (SSSR count). The van der Waals surface area contributed by atoms with Gasteiger partial charge in [0.1, 0.15) is 30.1 Å². The number of esters is 1. The molecule has 8 nitrogen and oxygen atoms in total. The maximum Gasteiger partial charge on any atom is 0.349 e. The molecule has 4 heterocycles. The molecule has 0 aromatic rings. The Bertz CT molecular complexity index is 1120. The summed E-state index contributed by atoms with van der Waals surface area (Å²) in [6.07, 6.45) is 2.19. The van der Waals surface area contributed by atoms with E-state index in [0.717, 1.165) is 5.57 Å². The summed E-state index contributed by atoms with van der Waals surface area (Å²) in [4.78, 5) is 11.8. The van der Waals surface area contributed by atoms with E-state index in [-0.39, 0.29) is 34.8 Å². The van der Waals surface area contributed by atoms with Gasteiger partial charge in [-0.1, -0.05) is 83.1 Å². The minimum atomic E-state index is -2.80. The number of hydrogen-bond donors (Lipinski definition) is 0. The Labute approximate surface area is 255 Å². The van der Waals surface area contributed by atoms with Crippen LogP contribution in [-0.4, -0.2) is 65.6 Å². The minimum Gasteiger partial charge on any atom is -0.485 e. The molecule has 2 bridgehead atoms. The van der Waals surface area contributed by atoms with E-state index in [1.54, 1.807) is 0 Å². The summed E-state index contributed by atoms with van der Waals surface area (Å²) < 4.78 is 39.9. The first-order valence-electron chi connectivity index (χ1n) is 15.6. The van der Waals surface area contributed by atoms with E-state index in [4.69, 9.17) is 27.5 Å². The lowest BCUT2D eigenvalue weighted by atomic mass is 9.85. The zero-order valence-corrected chi connectivity index (χ0v) is 30.0. The van der Waals surface area contributed by atoms with E-state index < -0.39 is 40.7 Å². The molecule has 0 unspecified atom stereocenters. The molecule has 2 saturated heterocycles. The molecule has 0 aromatic heterocycles. The van der Waals surface area contributed by atoms with Crippen molar-refractivity contribution in [3.05, 3.63) is 23.5 Å². The second-order valence-corrected chi connectivity index (χ2v) is 25.7. The summed E-state index contributed by atoms with van der Waals surface area (Å²) in [6.45, 7) is 28.9. The summed E-state index contributed by atoms with van der Waals surface area (Å²) in [7, 11) is -5.12. The number of carbonyl (C=O) groups excluding carboxylic acids is 1. The van der Waals surface area contributed by atoms with E-state index in [1.165, 1.54) is 6.92 Å². The molecular weight excluding hydrogens is 567 g/mol. The Hall–Kier alpha value is -1.49. The smallest absolute Gasteiger partial charge is 0.349 e. The monoisotopic (exact) mass is 619 g/mol. The van der Waals surface area contributed by atoms with Gasteiger partial charge in [-0.15, -0.1) is 0 Å². The van der Waals surface area contributed by atoms with E-state index in [0.29, 0.717) is 29.0 Å². The molecule has 2 fully saturated rings. The molecule has 0 amide bonds. The topological polar surface area (TPSA) is 96.2 Å². The van der Waals surface area contributed by atoms with Gasteiger partial charge in [-0.25, -0.2) is 0 Å². The molecular formula is C32H53NO7Si2. The van der Waals surface area contributed by atoms with Gasteiger partial charge in [0.2, 0.25) is 13.9 Å². The van der Waals surface area contributed by atoms with Crippen LogP contribution in [0.3, 0.4) is 0 Å². The van der Waals surface area contributed by atoms with E-state index in [9.17, 15) is 10.1 Å². The number of ether oxygens (including phenoxy) is 3. The second kappa shape index (κ2) is 11.1. The van der Waals surface area contributed by atoms with Gasteiger partial charge in [0.05, 0.1) is 18.8 Å². The maximum atomic E-state index is 11.8. The molecule has 0 spiro atoms. The molecule has 10 heteroatoms. The summed E-state index contributed by atoms with van der Waals surface area (Å²) in [5.41, 5.74) is 0.745. The fraction of sp³-hybridized carbons (Fsp3) is 0.812. The van der Waals surface area contributed by atoms with E-state index in [2.05, 4.69) is 95.2 Å². The number of nitrogens with zero attached hydrogens (tertiary/aromatic N) is 1. The predicted molar refractivity (Wildman–Crippen MR) is 166 cm³/mol. The van der Waals surface area contributed by atoms with Gasteiger partial charge in [-0.3, -0.25) is 4.79 Å². The molecule has 42 heavy (non-hydrogen) atoms. The van der Waals surface area contributed by atoms with Gasteiger partial charge < -0.3 is 27.5 Å². The predicted octanol–water partition coefficient (Wildman–Crippen LogP) is 7.21. The highest BCUT2D eigenvalue weighted by Gasteiger charge is 2.65.